The minimum absolute atomic E-state index is 0.0420. The first-order chi connectivity index (χ1) is 18.3. The van der Waals surface area contributed by atoms with Gasteiger partial charge in [0.25, 0.3) is 5.91 Å². The maximum absolute atomic E-state index is 13.2. The van der Waals surface area contributed by atoms with Crippen LogP contribution < -0.4 is 10.6 Å². The molecule has 4 rings (SSSR count). The lowest BCUT2D eigenvalue weighted by atomic mass is 10.1. The number of anilines is 2. The molecule has 1 aliphatic rings. The number of benzene rings is 1. The van der Waals surface area contributed by atoms with Gasteiger partial charge in [-0.15, -0.1) is 17.8 Å². The first-order valence-electron chi connectivity index (χ1n) is 12.2. The Labute approximate surface area is 230 Å². The summed E-state index contributed by atoms with van der Waals surface area (Å²) in [5.41, 5.74) is 1.71. The highest BCUT2D eigenvalue weighted by molar-refractivity contribution is 7.14. The topological polar surface area (TPSA) is 99.6 Å². The monoisotopic (exact) mass is 552 g/mol. The summed E-state index contributed by atoms with van der Waals surface area (Å²) in [6.07, 6.45) is 11.2. The van der Waals surface area contributed by atoms with Gasteiger partial charge in [-0.25, -0.2) is 4.98 Å². The van der Waals surface area contributed by atoms with Gasteiger partial charge in [0.05, 0.1) is 32.7 Å². The van der Waals surface area contributed by atoms with E-state index in [1.807, 2.05) is 52.6 Å². The van der Waals surface area contributed by atoms with E-state index in [0.717, 1.165) is 19.3 Å². The molecular weight excluding hydrogens is 524 g/mol. The molecule has 0 aliphatic carbocycles. The molecule has 1 fully saturated rings. The molecule has 2 aromatic heterocycles. The molecule has 3 heterocycles. The van der Waals surface area contributed by atoms with Gasteiger partial charge in [0.2, 0.25) is 11.9 Å². The number of aromatic nitrogens is 2. The van der Waals surface area contributed by atoms with E-state index in [2.05, 4.69) is 15.6 Å². The second kappa shape index (κ2) is 12.3. The van der Waals surface area contributed by atoms with E-state index in [9.17, 15) is 14.4 Å². The average molecular weight is 553 g/mol. The Morgan fingerprint density at radius 2 is 2.11 bits per heavy atom. The van der Waals surface area contributed by atoms with Crippen molar-refractivity contribution in [1.29, 1.82) is 0 Å². The van der Waals surface area contributed by atoms with Gasteiger partial charge in [-0.3, -0.25) is 19.7 Å². The van der Waals surface area contributed by atoms with Gasteiger partial charge < -0.3 is 19.7 Å². The Bertz CT molecular complexity index is 1420. The number of hydrogen-bond donors (Lipinski definition) is 2. The molecule has 0 saturated carbocycles. The fourth-order valence-corrected chi connectivity index (χ4v) is 5.43. The normalized spacial score (nSPS) is 16.0. The van der Waals surface area contributed by atoms with Crippen molar-refractivity contribution in [2.75, 3.05) is 44.4 Å². The van der Waals surface area contributed by atoms with Crippen LogP contribution in [0, 0.1) is 12.3 Å². The van der Waals surface area contributed by atoms with Crippen LogP contribution in [0.4, 0.5) is 10.9 Å². The number of hydrogen-bond acceptors (Lipinski definition) is 6. The van der Waals surface area contributed by atoms with Crippen molar-refractivity contribution in [2.45, 2.75) is 25.3 Å². The Morgan fingerprint density at radius 3 is 2.87 bits per heavy atom. The zero-order chi connectivity index (χ0) is 27.2. The molecule has 2 N–H and O–H groups in total. The summed E-state index contributed by atoms with van der Waals surface area (Å²) < 4.78 is 1.94. The Morgan fingerprint density at radius 1 is 1.29 bits per heavy atom. The van der Waals surface area contributed by atoms with Crippen LogP contribution in [0.2, 0.25) is 5.02 Å². The van der Waals surface area contributed by atoms with Gasteiger partial charge in [0.15, 0.2) is 0 Å². The van der Waals surface area contributed by atoms with Crippen molar-refractivity contribution in [2.24, 2.45) is 0 Å². The number of likely N-dealkylation sites (N-methyl/N-ethyl adjacent to an activating group) is 1. The number of likely N-dealkylation sites (tertiary alicyclic amines) is 1. The Kier molecular flexibility index (Phi) is 8.84. The largest absolute Gasteiger partial charge is 0.337 e. The van der Waals surface area contributed by atoms with Crippen molar-refractivity contribution in [3.8, 4) is 12.3 Å². The summed E-state index contributed by atoms with van der Waals surface area (Å²) in [5.74, 6) is 1.32. The van der Waals surface area contributed by atoms with Gasteiger partial charge in [-0.1, -0.05) is 23.7 Å². The molecule has 0 unspecified atom stereocenters. The molecule has 3 amide bonds. The fourth-order valence-electron chi connectivity index (χ4n) is 4.39. The quantitative estimate of drug-likeness (QED) is 0.337. The molecule has 9 nitrogen and oxygen atoms in total. The van der Waals surface area contributed by atoms with Gasteiger partial charge in [0, 0.05) is 31.1 Å². The number of halogens is 1. The third kappa shape index (κ3) is 6.42. The number of carbonyl (C=O) groups excluding carboxylic acids is 3. The van der Waals surface area contributed by atoms with Crippen molar-refractivity contribution < 1.29 is 14.4 Å². The molecule has 0 spiro atoms. The highest BCUT2D eigenvalue weighted by Crippen LogP contribution is 2.34. The van der Waals surface area contributed by atoms with E-state index in [1.54, 1.807) is 23.6 Å². The highest BCUT2D eigenvalue weighted by atomic mass is 35.5. The van der Waals surface area contributed by atoms with E-state index in [-0.39, 0.29) is 17.9 Å². The molecule has 1 saturated heterocycles. The Hall–Kier alpha value is -3.65. The van der Waals surface area contributed by atoms with Gasteiger partial charge in [-0.2, -0.15) is 0 Å². The summed E-state index contributed by atoms with van der Waals surface area (Å²) in [5, 5.41) is 8.08. The minimum Gasteiger partial charge on any atom is -0.337 e. The van der Waals surface area contributed by atoms with Gasteiger partial charge in [-0.05, 0) is 57.5 Å². The standard InChI is InChI=1S/C27H29ClN6O3S/c1-4-22(35)30-23-15-18(17-38-23)26(37)31-27-29-21-11-7-10-20(28)25(21)34(27)19-9-5-6-14-33(16-19)24(36)12-8-13-32(2)3/h1,7-8,10-12,15,17,19H,5-6,9,13-14,16H2,2-3H3,(H,30,35)(H,29,31,37)/b12-8+/t19-/m1/s1. The van der Waals surface area contributed by atoms with E-state index in [1.165, 1.54) is 11.3 Å². The van der Waals surface area contributed by atoms with Crippen molar-refractivity contribution in [1.82, 2.24) is 19.4 Å². The lowest BCUT2D eigenvalue weighted by Crippen LogP contribution is -2.34. The van der Waals surface area contributed by atoms with Crippen LogP contribution in [-0.2, 0) is 9.59 Å². The number of para-hydroxylation sites is 1. The van der Waals surface area contributed by atoms with E-state index >= 15 is 0 Å². The van der Waals surface area contributed by atoms with Crippen LogP contribution in [0.5, 0.6) is 0 Å². The molecule has 11 heteroatoms. The number of terminal acetylenes is 1. The predicted molar refractivity (Wildman–Crippen MR) is 152 cm³/mol. The molecular formula is C27H29ClN6O3S. The second-order valence-corrected chi connectivity index (χ2v) is 10.6. The van der Waals surface area contributed by atoms with Crippen LogP contribution in [0.3, 0.4) is 0 Å². The smallest absolute Gasteiger partial charge is 0.300 e. The number of amides is 3. The summed E-state index contributed by atoms with van der Waals surface area (Å²) >= 11 is 7.82. The zero-order valence-electron chi connectivity index (χ0n) is 21.2. The first kappa shape index (κ1) is 27.4. The second-order valence-electron chi connectivity index (χ2n) is 9.26. The van der Waals surface area contributed by atoms with E-state index < -0.39 is 5.91 Å². The minimum atomic E-state index is -0.584. The first-order valence-corrected chi connectivity index (χ1v) is 13.5. The van der Waals surface area contributed by atoms with Crippen LogP contribution in [-0.4, -0.2) is 70.8 Å². The fraction of sp³-hybridized carbons (Fsp3) is 0.333. The maximum Gasteiger partial charge on any atom is 0.300 e. The summed E-state index contributed by atoms with van der Waals surface area (Å²) in [6, 6.07) is 6.86. The third-order valence-electron chi connectivity index (χ3n) is 6.17. The van der Waals surface area contributed by atoms with Crippen molar-refractivity contribution >= 4 is 62.6 Å². The molecule has 1 aromatic carbocycles. The lowest BCUT2D eigenvalue weighted by Gasteiger charge is -2.26. The SMILES string of the molecule is C#CC(=O)Nc1cc(C(=O)Nc2nc3cccc(Cl)c3n2[C@@H]2CCCCN(C(=O)/C=C/CN(C)C)C2)cs1. The molecule has 1 atom stereocenters. The number of thiophene rings is 1. The van der Waals surface area contributed by atoms with Crippen LogP contribution in [0.25, 0.3) is 11.0 Å². The van der Waals surface area contributed by atoms with Crippen LogP contribution in [0.1, 0.15) is 35.7 Å². The summed E-state index contributed by atoms with van der Waals surface area (Å²) in [7, 11) is 3.90. The van der Waals surface area contributed by atoms with Crippen molar-refractivity contribution in [3.63, 3.8) is 0 Å². The third-order valence-corrected chi connectivity index (χ3v) is 7.32. The molecule has 0 radical (unpaired) electrons. The van der Waals surface area contributed by atoms with Crippen LogP contribution >= 0.6 is 22.9 Å². The summed E-state index contributed by atoms with van der Waals surface area (Å²) in [4.78, 5) is 46.2. The molecule has 0 bridgehead atoms. The zero-order valence-corrected chi connectivity index (χ0v) is 22.8. The molecule has 3 aromatic rings. The average Bonchev–Trinajstić information content (AvgIpc) is 3.41. The van der Waals surface area contributed by atoms with Crippen molar-refractivity contribution in [3.05, 3.63) is 52.4 Å². The van der Waals surface area contributed by atoms with E-state index in [4.69, 9.17) is 18.0 Å². The van der Waals surface area contributed by atoms with Crippen LogP contribution in [0.15, 0.2) is 41.8 Å². The maximum atomic E-state index is 13.2. The lowest BCUT2D eigenvalue weighted by molar-refractivity contribution is -0.126. The molecule has 38 heavy (non-hydrogen) atoms. The number of rotatable bonds is 7. The van der Waals surface area contributed by atoms with Gasteiger partial charge in [0.1, 0.15) is 0 Å². The van der Waals surface area contributed by atoms with Gasteiger partial charge >= 0.3 is 5.91 Å². The van der Waals surface area contributed by atoms with E-state index in [0.29, 0.717) is 52.2 Å². The summed E-state index contributed by atoms with van der Waals surface area (Å²) in [6.45, 7) is 1.80. The number of imidazole rings is 1. The number of carbonyl (C=O) groups is 3. The molecule has 1 aliphatic heterocycles. The number of fused-ring (bicyclic) bond motifs is 1. The Balaban J connectivity index is 1.63. The number of nitrogens with zero attached hydrogens (tertiary/aromatic N) is 4. The number of nitrogens with one attached hydrogen (secondary N) is 2. The predicted octanol–water partition coefficient (Wildman–Crippen LogP) is 4.25. The highest BCUT2D eigenvalue weighted by Gasteiger charge is 2.27. The molecule has 198 valence electrons.